The van der Waals surface area contributed by atoms with E-state index >= 15 is 0 Å². The van der Waals surface area contributed by atoms with Gasteiger partial charge >= 0.3 is 5.97 Å². The Labute approximate surface area is 163 Å². The first-order valence-electron chi connectivity index (χ1n) is 8.94. The Morgan fingerprint density at radius 1 is 1.00 bits per heavy atom. The summed E-state index contributed by atoms with van der Waals surface area (Å²) in [5, 5.41) is 5.11. The van der Waals surface area contributed by atoms with Crippen LogP contribution >= 0.6 is 0 Å². The predicted octanol–water partition coefficient (Wildman–Crippen LogP) is 1.40. The third-order valence-electron chi connectivity index (χ3n) is 3.91. The van der Waals surface area contributed by atoms with Crippen LogP contribution in [0.1, 0.15) is 38.1 Å². The van der Waals surface area contributed by atoms with Crippen molar-refractivity contribution in [3.05, 3.63) is 23.8 Å². The second-order valence-corrected chi connectivity index (χ2v) is 6.79. The number of rotatable bonds is 5. The number of anilines is 2. The van der Waals surface area contributed by atoms with E-state index in [2.05, 4.69) is 10.6 Å². The number of hydrogen-bond acceptors (Lipinski definition) is 6. The maximum absolute atomic E-state index is 12.4. The van der Waals surface area contributed by atoms with Crippen molar-refractivity contribution in [2.75, 3.05) is 30.3 Å². The number of nitrogens with zero attached hydrogens (tertiary/aromatic N) is 1. The summed E-state index contributed by atoms with van der Waals surface area (Å²) in [6.07, 6.45) is -0.170. The van der Waals surface area contributed by atoms with Crippen molar-refractivity contribution in [2.24, 2.45) is 0 Å². The number of nitrogens with one attached hydrogen (secondary N) is 2. The zero-order chi connectivity index (χ0) is 20.8. The topological polar surface area (TPSA) is 114 Å². The van der Waals surface area contributed by atoms with Crippen LogP contribution in [0.2, 0.25) is 0 Å². The lowest BCUT2D eigenvalue weighted by Crippen LogP contribution is -2.49. The fraction of sp³-hybridized carbons (Fsp3) is 0.474. The number of hydrogen-bond donors (Lipinski definition) is 2. The highest BCUT2D eigenvalue weighted by molar-refractivity contribution is 5.98. The summed E-state index contributed by atoms with van der Waals surface area (Å²) in [4.78, 5) is 48.9. The minimum atomic E-state index is -0.735. The van der Waals surface area contributed by atoms with Gasteiger partial charge in [-0.2, -0.15) is 0 Å². The zero-order valence-electron chi connectivity index (χ0n) is 16.4. The first-order valence-corrected chi connectivity index (χ1v) is 8.94. The number of esters is 1. The molecular weight excluding hydrogens is 366 g/mol. The number of morpholine rings is 1. The minimum absolute atomic E-state index is 0.0852. The summed E-state index contributed by atoms with van der Waals surface area (Å²) in [6.45, 7) is 6.87. The summed E-state index contributed by atoms with van der Waals surface area (Å²) < 4.78 is 10.7. The van der Waals surface area contributed by atoms with Crippen LogP contribution in [0.5, 0.6) is 0 Å². The molecule has 0 radical (unpaired) electrons. The molecule has 152 valence electrons. The Morgan fingerprint density at radius 2 is 1.50 bits per heavy atom. The molecule has 0 unspecified atom stereocenters. The normalized spacial score (nSPS) is 18.9. The first kappa shape index (κ1) is 21.4. The summed E-state index contributed by atoms with van der Waals surface area (Å²) in [5.74, 6) is -1.70. The van der Waals surface area contributed by atoms with E-state index in [4.69, 9.17) is 9.47 Å². The predicted molar refractivity (Wildman–Crippen MR) is 102 cm³/mol. The molecule has 1 aromatic rings. The average Bonchev–Trinajstić information content (AvgIpc) is 2.57. The molecule has 1 heterocycles. The lowest BCUT2D eigenvalue weighted by atomic mass is 10.1. The molecule has 0 aliphatic carbocycles. The smallest absolute Gasteiger partial charge is 0.338 e. The molecule has 1 saturated heterocycles. The Kier molecular flexibility index (Phi) is 7.11. The highest BCUT2D eigenvalue weighted by Crippen LogP contribution is 2.20. The Bertz CT molecular complexity index is 735. The number of carbonyl (C=O) groups is 4. The number of benzene rings is 1. The van der Waals surface area contributed by atoms with Gasteiger partial charge in [0, 0.05) is 38.3 Å². The van der Waals surface area contributed by atoms with Gasteiger partial charge in [-0.05, 0) is 32.0 Å². The molecule has 2 N–H and O–H groups in total. The van der Waals surface area contributed by atoms with E-state index < -0.39 is 12.6 Å². The van der Waals surface area contributed by atoms with Gasteiger partial charge < -0.3 is 25.0 Å². The first-order chi connectivity index (χ1) is 13.1. The van der Waals surface area contributed by atoms with E-state index in [1.54, 1.807) is 4.90 Å². The quantitative estimate of drug-likeness (QED) is 0.734. The van der Waals surface area contributed by atoms with E-state index in [1.807, 2.05) is 13.8 Å². The molecule has 28 heavy (non-hydrogen) atoms. The summed E-state index contributed by atoms with van der Waals surface area (Å²) >= 11 is 0. The number of amides is 3. The zero-order valence-corrected chi connectivity index (χ0v) is 16.4. The summed E-state index contributed by atoms with van der Waals surface area (Å²) in [5.41, 5.74) is 0.757. The van der Waals surface area contributed by atoms with Crippen LogP contribution in [-0.2, 0) is 23.9 Å². The van der Waals surface area contributed by atoms with Gasteiger partial charge in [-0.25, -0.2) is 4.79 Å². The van der Waals surface area contributed by atoms with Gasteiger partial charge in [-0.15, -0.1) is 0 Å². The van der Waals surface area contributed by atoms with E-state index in [0.29, 0.717) is 24.5 Å². The molecular formula is C19H25N3O6. The molecule has 2 rings (SSSR count). The molecule has 0 spiro atoms. The van der Waals surface area contributed by atoms with E-state index in [0.717, 1.165) is 0 Å². The van der Waals surface area contributed by atoms with E-state index in [1.165, 1.54) is 32.0 Å². The monoisotopic (exact) mass is 391 g/mol. The van der Waals surface area contributed by atoms with Gasteiger partial charge in [0.1, 0.15) is 0 Å². The Balaban J connectivity index is 2.06. The summed E-state index contributed by atoms with van der Waals surface area (Å²) in [7, 11) is 0. The highest BCUT2D eigenvalue weighted by Gasteiger charge is 2.26. The van der Waals surface area contributed by atoms with Gasteiger partial charge in [-0.3, -0.25) is 14.4 Å². The Morgan fingerprint density at radius 3 is 1.96 bits per heavy atom. The Hall–Kier alpha value is -2.94. The van der Waals surface area contributed by atoms with Gasteiger partial charge in [0.05, 0.1) is 17.8 Å². The largest absolute Gasteiger partial charge is 0.452 e. The van der Waals surface area contributed by atoms with Crippen molar-refractivity contribution in [3.8, 4) is 0 Å². The van der Waals surface area contributed by atoms with Crippen molar-refractivity contribution in [3.63, 3.8) is 0 Å². The highest BCUT2D eigenvalue weighted by atomic mass is 16.5. The van der Waals surface area contributed by atoms with Gasteiger partial charge in [0.2, 0.25) is 11.8 Å². The minimum Gasteiger partial charge on any atom is -0.452 e. The molecule has 1 aromatic carbocycles. The standard InChI is InChI=1S/C19H25N3O6/c1-11-8-22(9-12(2)28-11)18(25)10-27-19(26)15-5-16(20-13(3)23)7-17(6-15)21-14(4)24/h5-7,11-12H,8-10H2,1-4H3,(H,20,23)(H,21,24)/t11-,12-/m0/s1. The molecule has 1 aliphatic heterocycles. The maximum atomic E-state index is 12.4. The molecule has 1 fully saturated rings. The molecule has 9 nitrogen and oxygen atoms in total. The van der Waals surface area contributed by atoms with Crippen LogP contribution in [0.3, 0.4) is 0 Å². The SMILES string of the molecule is CC(=O)Nc1cc(NC(C)=O)cc(C(=O)OCC(=O)N2C[C@H](C)O[C@@H](C)C2)c1. The molecule has 0 saturated carbocycles. The number of ether oxygens (including phenoxy) is 2. The molecule has 9 heteroatoms. The van der Waals surface area contributed by atoms with Crippen LogP contribution in [0, 0.1) is 0 Å². The maximum Gasteiger partial charge on any atom is 0.338 e. The average molecular weight is 391 g/mol. The lowest BCUT2D eigenvalue weighted by Gasteiger charge is -2.35. The lowest BCUT2D eigenvalue weighted by molar-refractivity contribution is -0.146. The molecule has 0 aromatic heterocycles. The van der Waals surface area contributed by atoms with Crippen LogP contribution in [0.15, 0.2) is 18.2 Å². The van der Waals surface area contributed by atoms with Gasteiger partial charge in [0.15, 0.2) is 6.61 Å². The summed E-state index contributed by atoms with van der Waals surface area (Å²) in [6, 6.07) is 4.35. The molecule has 1 aliphatic rings. The second kappa shape index (κ2) is 9.32. The fourth-order valence-corrected chi connectivity index (χ4v) is 2.98. The second-order valence-electron chi connectivity index (χ2n) is 6.79. The van der Waals surface area contributed by atoms with Crippen molar-refractivity contribution < 1.29 is 28.7 Å². The van der Waals surface area contributed by atoms with Crippen molar-refractivity contribution in [1.29, 1.82) is 0 Å². The fourth-order valence-electron chi connectivity index (χ4n) is 2.98. The van der Waals surface area contributed by atoms with Crippen LogP contribution in [0.25, 0.3) is 0 Å². The molecule has 2 atom stereocenters. The number of carbonyl (C=O) groups excluding carboxylic acids is 4. The van der Waals surface area contributed by atoms with Crippen LogP contribution < -0.4 is 10.6 Å². The van der Waals surface area contributed by atoms with E-state index in [9.17, 15) is 19.2 Å². The van der Waals surface area contributed by atoms with Crippen molar-refractivity contribution in [1.82, 2.24) is 4.90 Å². The van der Waals surface area contributed by atoms with Gasteiger partial charge in [0.25, 0.3) is 5.91 Å². The van der Waals surface area contributed by atoms with Crippen LogP contribution in [-0.4, -0.2) is 60.5 Å². The molecule has 0 bridgehead atoms. The third-order valence-corrected chi connectivity index (χ3v) is 3.91. The van der Waals surface area contributed by atoms with E-state index in [-0.39, 0.29) is 35.5 Å². The van der Waals surface area contributed by atoms with Crippen LogP contribution in [0.4, 0.5) is 11.4 Å². The molecule has 3 amide bonds. The van der Waals surface area contributed by atoms with Crippen molar-refractivity contribution in [2.45, 2.75) is 39.9 Å². The third kappa shape index (κ3) is 6.34. The van der Waals surface area contributed by atoms with Crippen molar-refractivity contribution >= 4 is 35.1 Å². The van der Waals surface area contributed by atoms with Gasteiger partial charge in [-0.1, -0.05) is 0 Å².